The highest BCUT2D eigenvalue weighted by molar-refractivity contribution is 5.26. The molecule has 0 bridgehead atoms. The molecule has 0 spiro atoms. The SMILES string of the molecule is CN(CCC1CCCc2c1cnn2C(C)(C)C)Cc1ccccc1. The zero-order valence-corrected chi connectivity index (χ0v) is 15.6. The Kier molecular flexibility index (Phi) is 5.09. The Morgan fingerprint density at radius 1 is 1.21 bits per heavy atom. The van der Waals surface area contributed by atoms with E-state index in [4.69, 9.17) is 5.10 Å². The van der Waals surface area contributed by atoms with Gasteiger partial charge in [-0.05, 0) is 77.1 Å². The minimum absolute atomic E-state index is 0.0829. The fourth-order valence-corrected chi connectivity index (χ4v) is 3.88. The van der Waals surface area contributed by atoms with Gasteiger partial charge in [-0.15, -0.1) is 0 Å². The Bertz CT molecular complexity index is 651. The minimum atomic E-state index is 0.0829. The molecular weight excluding hydrogens is 294 g/mol. The second kappa shape index (κ2) is 7.10. The Morgan fingerprint density at radius 2 is 1.96 bits per heavy atom. The van der Waals surface area contributed by atoms with E-state index in [0.717, 1.165) is 13.1 Å². The zero-order chi connectivity index (χ0) is 17.2. The quantitative estimate of drug-likeness (QED) is 0.802. The van der Waals surface area contributed by atoms with Crippen molar-refractivity contribution in [1.29, 1.82) is 0 Å². The van der Waals surface area contributed by atoms with Crippen molar-refractivity contribution < 1.29 is 0 Å². The third-order valence-corrected chi connectivity index (χ3v) is 5.10. The first-order valence-corrected chi connectivity index (χ1v) is 9.25. The van der Waals surface area contributed by atoms with Crippen LogP contribution in [0.2, 0.25) is 0 Å². The Morgan fingerprint density at radius 3 is 2.67 bits per heavy atom. The first kappa shape index (κ1) is 17.2. The molecule has 3 nitrogen and oxygen atoms in total. The van der Waals surface area contributed by atoms with E-state index in [1.54, 1.807) is 0 Å². The van der Waals surface area contributed by atoms with Gasteiger partial charge in [0.05, 0.1) is 11.7 Å². The van der Waals surface area contributed by atoms with Crippen LogP contribution in [0, 0.1) is 0 Å². The molecule has 1 unspecified atom stereocenters. The van der Waals surface area contributed by atoms with Crippen molar-refractivity contribution in [2.45, 2.75) is 64.5 Å². The van der Waals surface area contributed by atoms with Crippen LogP contribution in [0.15, 0.2) is 36.5 Å². The van der Waals surface area contributed by atoms with Crippen molar-refractivity contribution in [2.75, 3.05) is 13.6 Å². The molecule has 0 aliphatic heterocycles. The van der Waals surface area contributed by atoms with Gasteiger partial charge in [-0.1, -0.05) is 30.3 Å². The van der Waals surface area contributed by atoms with Crippen molar-refractivity contribution in [3.63, 3.8) is 0 Å². The van der Waals surface area contributed by atoms with Gasteiger partial charge < -0.3 is 4.90 Å². The van der Waals surface area contributed by atoms with Gasteiger partial charge in [-0.3, -0.25) is 4.68 Å². The highest BCUT2D eigenvalue weighted by atomic mass is 15.3. The Balaban J connectivity index is 1.62. The third kappa shape index (κ3) is 3.89. The maximum Gasteiger partial charge on any atom is 0.0546 e. The van der Waals surface area contributed by atoms with Crippen LogP contribution in [-0.2, 0) is 18.5 Å². The molecule has 3 rings (SSSR count). The van der Waals surface area contributed by atoms with Crippen LogP contribution in [0.25, 0.3) is 0 Å². The Labute approximate surface area is 146 Å². The highest BCUT2D eigenvalue weighted by Gasteiger charge is 2.27. The first-order chi connectivity index (χ1) is 11.4. The third-order valence-electron chi connectivity index (χ3n) is 5.10. The molecule has 1 aliphatic carbocycles. The van der Waals surface area contributed by atoms with E-state index < -0.39 is 0 Å². The van der Waals surface area contributed by atoms with Crippen molar-refractivity contribution in [2.24, 2.45) is 0 Å². The van der Waals surface area contributed by atoms with Crippen LogP contribution < -0.4 is 0 Å². The summed E-state index contributed by atoms with van der Waals surface area (Å²) < 4.78 is 2.25. The number of rotatable bonds is 5. The van der Waals surface area contributed by atoms with Crippen molar-refractivity contribution in [3.8, 4) is 0 Å². The van der Waals surface area contributed by atoms with Crippen molar-refractivity contribution in [3.05, 3.63) is 53.3 Å². The predicted octanol–water partition coefficient (Wildman–Crippen LogP) is 4.58. The number of benzene rings is 1. The van der Waals surface area contributed by atoms with Crippen LogP contribution in [0.3, 0.4) is 0 Å². The summed E-state index contributed by atoms with van der Waals surface area (Å²) in [5, 5.41) is 4.72. The smallest absolute Gasteiger partial charge is 0.0546 e. The zero-order valence-electron chi connectivity index (χ0n) is 15.6. The summed E-state index contributed by atoms with van der Waals surface area (Å²) >= 11 is 0. The molecule has 1 aromatic heterocycles. The van der Waals surface area contributed by atoms with E-state index in [9.17, 15) is 0 Å². The molecule has 1 heterocycles. The number of aromatic nitrogens is 2. The largest absolute Gasteiger partial charge is 0.302 e. The standard InChI is InChI=1S/C21H31N3/c1-21(2,3)24-20-12-8-11-18(19(20)15-22-24)13-14-23(4)16-17-9-6-5-7-10-17/h5-7,9-10,15,18H,8,11-14,16H2,1-4H3. The average molecular weight is 326 g/mol. The summed E-state index contributed by atoms with van der Waals surface area (Å²) in [6.07, 6.45) is 7.15. The Hall–Kier alpha value is -1.61. The topological polar surface area (TPSA) is 21.1 Å². The number of hydrogen-bond donors (Lipinski definition) is 0. The molecule has 0 saturated carbocycles. The summed E-state index contributed by atoms with van der Waals surface area (Å²) in [5.41, 5.74) is 4.46. The van der Waals surface area contributed by atoms with Gasteiger partial charge in [0, 0.05) is 12.2 Å². The lowest BCUT2D eigenvalue weighted by Crippen LogP contribution is -2.27. The maximum atomic E-state index is 4.72. The lowest BCUT2D eigenvalue weighted by Gasteiger charge is -2.28. The van der Waals surface area contributed by atoms with Gasteiger partial charge in [0.1, 0.15) is 0 Å². The van der Waals surface area contributed by atoms with E-state index in [1.807, 2.05) is 0 Å². The van der Waals surface area contributed by atoms with Gasteiger partial charge in [0.15, 0.2) is 0 Å². The number of fused-ring (bicyclic) bond motifs is 1. The van der Waals surface area contributed by atoms with E-state index in [1.165, 1.54) is 42.5 Å². The molecule has 2 aromatic rings. The molecule has 3 heteroatoms. The summed E-state index contributed by atoms with van der Waals surface area (Å²) in [7, 11) is 2.23. The van der Waals surface area contributed by atoms with Gasteiger partial charge in [-0.2, -0.15) is 5.10 Å². The lowest BCUT2D eigenvalue weighted by molar-refractivity contribution is 0.300. The molecule has 0 amide bonds. The predicted molar refractivity (Wildman–Crippen MR) is 100 cm³/mol. The molecule has 0 radical (unpaired) electrons. The van der Waals surface area contributed by atoms with Gasteiger partial charge in [0.2, 0.25) is 0 Å². The molecule has 0 saturated heterocycles. The summed E-state index contributed by atoms with van der Waals surface area (Å²) in [6, 6.07) is 10.8. The van der Waals surface area contributed by atoms with Crippen LogP contribution in [0.5, 0.6) is 0 Å². The van der Waals surface area contributed by atoms with Crippen LogP contribution in [0.4, 0.5) is 0 Å². The fourth-order valence-electron chi connectivity index (χ4n) is 3.88. The minimum Gasteiger partial charge on any atom is -0.302 e. The van der Waals surface area contributed by atoms with Gasteiger partial charge >= 0.3 is 0 Å². The summed E-state index contributed by atoms with van der Waals surface area (Å²) in [6.45, 7) is 8.91. The summed E-state index contributed by atoms with van der Waals surface area (Å²) in [5.74, 6) is 0.670. The molecule has 24 heavy (non-hydrogen) atoms. The molecule has 1 aliphatic rings. The van der Waals surface area contributed by atoms with E-state index in [2.05, 4.69) is 73.9 Å². The molecule has 1 atom stereocenters. The van der Waals surface area contributed by atoms with Crippen LogP contribution in [0.1, 0.15) is 62.8 Å². The van der Waals surface area contributed by atoms with Crippen LogP contribution >= 0.6 is 0 Å². The molecular formula is C21H31N3. The van der Waals surface area contributed by atoms with E-state index >= 15 is 0 Å². The van der Waals surface area contributed by atoms with Crippen molar-refractivity contribution >= 4 is 0 Å². The summed E-state index contributed by atoms with van der Waals surface area (Å²) in [4.78, 5) is 2.44. The number of nitrogens with zero attached hydrogens (tertiary/aromatic N) is 3. The average Bonchev–Trinajstić information content (AvgIpc) is 2.98. The monoisotopic (exact) mass is 325 g/mol. The number of hydrogen-bond acceptors (Lipinski definition) is 2. The van der Waals surface area contributed by atoms with E-state index in [0.29, 0.717) is 5.92 Å². The van der Waals surface area contributed by atoms with Crippen molar-refractivity contribution in [1.82, 2.24) is 14.7 Å². The molecule has 130 valence electrons. The van der Waals surface area contributed by atoms with Gasteiger partial charge in [-0.25, -0.2) is 0 Å². The lowest BCUT2D eigenvalue weighted by atomic mass is 9.84. The van der Waals surface area contributed by atoms with E-state index in [-0.39, 0.29) is 5.54 Å². The second-order valence-electron chi connectivity index (χ2n) is 8.23. The van der Waals surface area contributed by atoms with Crippen LogP contribution in [-0.4, -0.2) is 28.3 Å². The normalized spacial score (nSPS) is 18.0. The molecule has 0 fully saturated rings. The van der Waals surface area contributed by atoms with Gasteiger partial charge in [0.25, 0.3) is 0 Å². The molecule has 0 N–H and O–H groups in total. The first-order valence-electron chi connectivity index (χ1n) is 9.25. The second-order valence-corrected chi connectivity index (χ2v) is 8.23. The molecule has 1 aromatic carbocycles. The highest BCUT2D eigenvalue weighted by Crippen LogP contribution is 2.35. The fraction of sp³-hybridized carbons (Fsp3) is 0.571. The maximum absolute atomic E-state index is 4.72.